The number of nitrogens with one attached hydrogen (secondary N) is 1. The van der Waals surface area contributed by atoms with Crippen molar-refractivity contribution in [3.63, 3.8) is 0 Å². The van der Waals surface area contributed by atoms with Gasteiger partial charge in [-0.1, -0.05) is 30.3 Å². The molecule has 0 fully saturated rings. The summed E-state index contributed by atoms with van der Waals surface area (Å²) in [6.45, 7) is 3.94. The van der Waals surface area contributed by atoms with Crippen LogP contribution in [0.15, 0.2) is 36.4 Å². The molecule has 0 unspecified atom stereocenters. The van der Waals surface area contributed by atoms with Crippen LogP contribution >= 0.6 is 0 Å². The van der Waals surface area contributed by atoms with Crippen LogP contribution in [-0.2, 0) is 6.54 Å². The van der Waals surface area contributed by atoms with Gasteiger partial charge in [-0.25, -0.2) is 9.97 Å². The maximum absolute atomic E-state index is 12.3. The molecule has 0 aliphatic heterocycles. The fourth-order valence-corrected chi connectivity index (χ4v) is 2.25. The van der Waals surface area contributed by atoms with Crippen molar-refractivity contribution in [3.8, 4) is 0 Å². The van der Waals surface area contributed by atoms with Crippen molar-refractivity contribution >= 4 is 11.9 Å². The SMILES string of the molecule is Cc1cc(C(=O)NCCN(C)C)nc(N(C)Cc2ccccc2)n1. The molecule has 1 aromatic heterocycles. The van der Waals surface area contributed by atoms with E-state index in [4.69, 9.17) is 0 Å². The molecule has 0 atom stereocenters. The number of aryl methyl sites for hydroxylation is 1. The third-order valence-corrected chi connectivity index (χ3v) is 3.52. The van der Waals surface area contributed by atoms with E-state index < -0.39 is 0 Å². The first-order valence-corrected chi connectivity index (χ1v) is 7.99. The quantitative estimate of drug-likeness (QED) is 0.839. The molecule has 0 saturated heterocycles. The van der Waals surface area contributed by atoms with Crippen molar-refractivity contribution in [3.05, 3.63) is 53.3 Å². The van der Waals surface area contributed by atoms with Gasteiger partial charge in [0.1, 0.15) is 5.69 Å². The number of hydrogen-bond donors (Lipinski definition) is 1. The lowest BCUT2D eigenvalue weighted by molar-refractivity contribution is 0.0946. The van der Waals surface area contributed by atoms with Crippen LogP contribution in [0.2, 0.25) is 0 Å². The average Bonchev–Trinajstić information content (AvgIpc) is 2.54. The van der Waals surface area contributed by atoms with Crippen molar-refractivity contribution in [2.24, 2.45) is 0 Å². The monoisotopic (exact) mass is 327 g/mol. The maximum atomic E-state index is 12.3. The van der Waals surface area contributed by atoms with Crippen LogP contribution in [0.3, 0.4) is 0 Å². The van der Waals surface area contributed by atoms with Gasteiger partial charge in [-0.15, -0.1) is 0 Å². The zero-order valence-electron chi connectivity index (χ0n) is 14.8. The van der Waals surface area contributed by atoms with Crippen LogP contribution in [0.5, 0.6) is 0 Å². The molecule has 1 amide bonds. The molecule has 0 radical (unpaired) electrons. The number of aromatic nitrogens is 2. The lowest BCUT2D eigenvalue weighted by Crippen LogP contribution is -2.32. The number of benzene rings is 1. The average molecular weight is 327 g/mol. The highest BCUT2D eigenvalue weighted by Crippen LogP contribution is 2.12. The molecule has 6 nitrogen and oxygen atoms in total. The molecule has 1 heterocycles. The second-order valence-corrected chi connectivity index (χ2v) is 6.10. The predicted octanol–water partition coefficient (Wildman–Crippen LogP) is 1.71. The molecule has 1 aromatic carbocycles. The summed E-state index contributed by atoms with van der Waals surface area (Å²) in [6.07, 6.45) is 0. The summed E-state index contributed by atoms with van der Waals surface area (Å²) in [5.74, 6) is 0.383. The lowest BCUT2D eigenvalue weighted by Gasteiger charge is -2.18. The number of carbonyl (C=O) groups excluding carboxylic acids is 1. The van der Waals surface area contributed by atoms with E-state index >= 15 is 0 Å². The van der Waals surface area contributed by atoms with Crippen molar-refractivity contribution in [1.29, 1.82) is 0 Å². The standard InChI is InChI=1S/C18H25N5O/c1-14-12-16(17(24)19-10-11-22(2)3)21-18(20-14)23(4)13-15-8-6-5-7-9-15/h5-9,12H,10-11,13H2,1-4H3,(H,19,24). The molecular formula is C18H25N5O. The first kappa shape index (κ1) is 17.9. The van der Waals surface area contributed by atoms with E-state index in [0.29, 0.717) is 24.7 Å². The van der Waals surface area contributed by atoms with Gasteiger partial charge in [0.25, 0.3) is 5.91 Å². The highest BCUT2D eigenvalue weighted by molar-refractivity contribution is 5.92. The number of amides is 1. The molecule has 128 valence electrons. The van der Waals surface area contributed by atoms with Crippen LogP contribution in [0, 0.1) is 6.92 Å². The topological polar surface area (TPSA) is 61.4 Å². The summed E-state index contributed by atoms with van der Waals surface area (Å²) in [5, 5.41) is 2.88. The Hall–Kier alpha value is -2.47. The van der Waals surface area contributed by atoms with Crippen molar-refractivity contribution in [2.75, 3.05) is 39.1 Å². The number of carbonyl (C=O) groups is 1. The largest absolute Gasteiger partial charge is 0.349 e. The zero-order chi connectivity index (χ0) is 17.5. The first-order valence-electron chi connectivity index (χ1n) is 7.99. The molecule has 6 heteroatoms. The maximum Gasteiger partial charge on any atom is 0.270 e. The molecule has 24 heavy (non-hydrogen) atoms. The third kappa shape index (κ3) is 5.31. The van der Waals surface area contributed by atoms with Gasteiger partial charge in [0.05, 0.1) is 0 Å². The van der Waals surface area contributed by atoms with Crippen LogP contribution in [0.25, 0.3) is 0 Å². The smallest absolute Gasteiger partial charge is 0.270 e. The molecule has 0 saturated carbocycles. The number of anilines is 1. The Balaban J connectivity index is 2.08. The fraction of sp³-hybridized carbons (Fsp3) is 0.389. The van der Waals surface area contributed by atoms with E-state index in [0.717, 1.165) is 12.2 Å². The Labute approximate surface area is 143 Å². The summed E-state index contributed by atoms with van der Waals surface area (Å²) < 4.78 is 0. The van der Waals surface area contributed by atoms with Gasteiger partial charge >= 0.3 is 0 Å². The van der Waals surface area contributed by atoms with Gasteiger partial charge in [-0.05, 0) is 32.6 Å². The second-order valence-electron chi connectivity index (χ2n) is 6.10. The summed E-state index contributed by atoms with van der Waals surface area (Å²) in [5.41, 5.74) is 2.34. The first-order chi connectivity index (χ1) is 11.5. The van der Waals surface area contributed by atoms with Gasteiger partial charge in [0, 0.05) is 32.4 Å². The van der Waals surface area contributed by atoms with Gasteiger partial charge in [0.2, 0.25) is 5.95 Å². The molecular weight excluding hydrogens is 302 g/mol. The van der Waals surface area contributed by atoms with E-state index in [-0.39, 0.29) is 5.91 Å². The van der Waals surface area contributed by atoms with E-state index in [9.17, 15) is 4.79 Å². The molecule has 1 N–H and O–H groups in total. The highest BCUT2D eigenvalue weighted by Gasteiger charge is 2.13. The minimum atomic E-state index is -0.170. The highest BCUT2D eigenvalue weighted by atomic mass is 16.1. The van der Waals surface area contributed by atoms with Crippen molar-refractivity contribution < 1.29 is 4.79 Å². The van der Waals surface area contributed by atoms with Gasteiger partial charge in [-0.3, -0.25) is 4.79 Å². The normalized spacial score (nSPS) is 10.7. The fourth-order valence-electron chi connectivity index (χ4n) is 2.25. The molecule has 0 spiro atoms. The number of hydrogen-bond acceptors (Lipinski definition) is 5. The summed E-state index contributed by atoms with van der Waals surface area (Å²) in [7, 11) is 5.87. The minimum Gasteiger partial charge on any atom is -0.349 e. The number of nitrogens with zero attached hydrogens (tertiary/aromatic N) is 4. The van der Waals surface area contributed by atoms with Crippen LogP contribution in [0.1, 0.15) is 21.7 Å². The van der Waals surface area contributed by atoms with Crippen LogP contribution < -0.4 is 10.2 Å². The molecule has 2 aromatic rings. The molecule has 2 rings (SSSR count). The van der Waals surface area contributed by atoms with E-state index in [1.807, 2.05) is 56.1 Å². The Morgan fingerprint density at radius 1 is 1.12 bits per heavy atom. The van der Waals surface area contributed by atoms with Crippen molar-refractivity contribution in [1.82, 2.24) is 20.2 Å². The molecule has 0 bridgehead atoms. The van der Waals surface area contributed by atoms with Gasteiger partial charge in [-0.2, -0.15) is 0 Å². The predicted molar refractivity (Wildman–Crippen MR) is 96.2 cm³/mol. The second kappa shape index (κ2) is 8.40. The summed E-state index contributed by atoms with van der Waals surface area (Å²) in [6, 6.07) is 11.8. The Kier molecular flexibility index (Phi) is 6.26. The summed E-state index contributed by atoms with van der Waals surface area (Å²) >= 11 is 0. The number of rotatable bonds is 7. The van der Waals surface area contributed by atoms with E-state index in [2.05, 4.69) is 27.4 Å². The van der Waals surface area contributed by atoms with Gasteiger partial charge < -0.3 is 15.1 Å². The molecule has 0 aliphatic carbocycles. The number of likely N-dealkylation sites (N-methyl/N-ethyl adjacent to an activating group) is 1. The van der Waals surface area contributed by atoms with Crippen LogP contribution in [-0.4, -0.2) is 55.0 Å². The zero-order valence-corrected chi connectivity index (χ0v) is 14.8. The third-order valence-electron chi connectivity index (χ3n) is 3.52. The summed E-state index contributed by atoms with van der Waals surface area (Å²) in [4.78, 5) is 25.1. The molecule has 0 aliphatic rings. The lowest BCUT2D eigenvalue weighted by atomic mass is 10.2. The Morgan fingerprint density at radius 3 is 2.50 bits per heavy atom. The van der Waals surface area contributed by atoms with Crippen molar-refractivity contribution in [2.45, 2.75) is 13.5 Å². The van der Waals surface area contributed by atoms with Gasteiger partial charge in [0.15, 0.2) is 0 Å². The Morgan fingerprint density at radius 2 is 1.83 bits per heavy atom. The van der Waals surface area contributed by atoms with Crippen LogP contribution in [0.4, 0.5) is 5.95 Å². The van der Waals surface area contributed by atoms with E-state index in [1.54, 1.807) is 6.07 Å². The minimum absolute atomic E-state index is 0.170. The van der Waals surface area contributed by atoms with E-state index in [1.165, 1.54) is 5.56 Å². The Bertz CT molecular complexity index is 672.